The number of hydrogen-bond acceptors (Lipinski definition) is 5. The molecule has 0 amide bonds. The molecule has 2 atom stereocenters. The second-order valence-corrected chi connectivity index (χ2v) is 20.6. The van der Waals surface area contributed by atoms with Gasteiger partial charge in [-0.25, -0.2) is 0 Å². The Morgan fingerprint density at radius 2 is 1.08 bits per heavy atom. The van der Waals surface area contributed by atoms with Gasteiger partial charge in [-0.2, -0.15) is 0 Å². The van der Waals surface area contributed by atoms with E-state index in [4.69, 9.17) is 0 Å². The minimum Gasteiger partial charge on any atom is -0.507 e. The SMILES string of the molecule is CCC(C1CC(C)(C)N(C)C(C)(C)C1)C(Cc1cc(C(C)(C)C)c(O)c(C(C)(C)C)c1)(C1CC(C)(C)N(C)C(C)(C)C1)C(C(=O)O)C(=O)O. The molecule has 1 aromatic carbocycles. The molecule has 0 bridgehead atoms. The number of hydrogen-bond donors (Lipinski definition) is 3. The summed E-state index contributed by atoms with van der Waals surface area (Å²) in [6, 6.07) is 4.11. The summed E-state index contributed by atoms with van der Waals surface area (Å²) in [7, 11) is 4.33. The Kier molecular flexibility index (Phi) is 11.1. The quantitative estimate of drug-likeness (QED) is 0.223. The van der Waals surface area contributed by atoms with Crippen molar-refractivity contribution >= 4 is 11.9 Å². The van der Waals surface area contributed by atoms with E-state index in [1.807, 2.05) is 0 Å². The number of carboxylic acid groups (broad SMARTS) is 2. The average molecular weight is 685 g/mol. The van der Waals surface area contributed by atoms with Crippen LogP contribution in [0.15, 0.2) is 12.1 Å². The van der Waals surface area contributed by atoms with Crippen molar-refractivity contribution in [2.24, 2.45) is 29.1 Å². The highest BCUT2D eigenvalue weighted by molar-refractivity contribution is 5.94. The summed E-state index contributed by atoms with van der Waals surface area (Å²) in [5.41, 5.74) is -0.232. The Hall–Kier alpha value is -2.12. The summed E-state index contributed by atoms with van der Waals surface area (Å²) >= 11 is 0. The maximum atomic E-state index is 13.7. The predicted octanol–water partition coefficient (Wildman–Crippen LogP) is 9.13. The van der Waals surface area contributed by atoms with Gasteiger partial charge in [0, 0.05) is 27.6 Å². The summed E-state index contributed by atoms with van der Waals surface area (Å²) in [6.45, 7) is 32.6. The van der Waals surface area contributed by atoms with Crippen LogP contribution in [-0.4, -0.2) is 73.3 Å². The minimum atomic E-state index is -1.60. The molecule has 0 aromatic heterocycles. The van der Waals surface area contributed by atoms with E-state index >= 15 is 0 Å². The molecule has 2 unspecified atom stereocenters. The van der Waals surface area contributed by atoms with Crippen molar-refractivity contribution in [3.63, 3.8) is 0 Å². The van der Waals surface area contributed by atoms with E-state index in [1.165, 1.54) is 0 Å². The van der Waals surface area contributed by atoms with Crippen LogP contribution in [0.1, 0.15) is 153 Å². The van der Waals surface area contributed by atoms with E-state index in [1.54, 1.807) is 0 Å². The summed E-state index contributed by atoms with van der Waals surface area (Å²) in [6.07, 6.45) is 4.09. The van der Waals surface area contributed by atoms with E-state index < -0.39 is 23.3 Å². The predicted molar refractivity (Wildman–Crippen MR) is 201 cm³/mol. The Labute approximate surface area is 299 Å². The minimum absolute atomic E-state index is 0.111. The topological polar surface area (TPSA) is 101 Å². The van der Waals surface area contributed by atoms with Crippen LogP contribution in [-0.2, 0) is 26.8 Å². The standard InChI is InChI=1S/C42H72N2O5/c1-18-29(27-22-38(8,9)43(16)39(10,11)23-27)42(32(34(46)47)35(48)49,28-24-40(12,13)44(17)41(14,15)25-28)21-26-19-30(36(2,3)4)33(45)31(20-26)37(5,6)7/h19-20,27-29,32,45H,18,21-25H2,1-17H3,(H,46,47)(H,48,49). The molecular weight excluding hydrogens is 612 g/mol. The maximum Gasteiger partial charge on any atom is 0.318 e. The monoisotopic (exact) mass is 685 g/mol. The number of carbonyl (C=O) groups is 2. The molecule has 0 radical (unpaired) electrons. The van der Waals surface area contributed by atoms with Crippen molar-refractivity contribution in [1.82, 2.24) is 9.80 Å². The van der Waals surface area contributed by atoms with Crippen LogP contribution < -0.4 is 0 Å². The lowest BCUT2D eigenvalue weighted by Gasteiger charge is -2.63. The Balaban J connectivity index is 2.55. The first kappa shape index (κ1) is 41.3. The lowest BCUT2D eigenvalue weighted by atomic mass is 9.47. The third-order valence-electron chi connectivity index (χ3n) is 13.4. The van der Waals surface area contributed by atoms with Crippen molar-refractivity contribution in [3.8, 4) is 5.75 Å². The van der Waals surface area contributed by atoms with Gasteiger partial charge >= 0.3 is 11.9 Å². The second kappa shape index (κ2) is 13.1. The zero-order valence-electron chi connectivity index (χ0n) is 34.3. The van der Waals surface area contributed by atoms with Crippen LogP contribution in [0.25, 0.3) is 0 Å². The van der Waals surface area contributed by atoms with Crippen molar-refractivity contribution in [2.45, 2.75) is 175 Å². The highest BCUT2D eigenvalue weighted by atomic mass is 16.4. The third-order valence-corrected chi connectivity index (χ3v) is 13.4. The number of likely N-dealkylation sites (tertiary alicyclic amines) is 2. The number of phenols is 1. The molecule has 2 fully saturated rings. The van der Waals surface area contributed by atoms with E-state index in [2.05, 4.69) is 140 Å². The van der Waals surface area contributed by atoms with Gasteiger partial charge in [-0.15, -0.1) is 0 Å². The normalized spacial score (nSPS) is 24.0. The number of carboxylic acids is 2. The molecule has 0 aliphatic carbocycles. The molecular formula is C42H72N2O5. The first-order valence-corrected chi connectivity index (χ1v) is 18.7. The Morgan fingerprint density at radius 3 is 1.39 bits per heavy atom. The number of aliphatic carboxylic acids is 2. The van der Waals surface area contributed by atoms with E-state index in [0.717, 1.165) is 29.5 Å². The Bertz CT molecular complexity index is 1310. The fourth-order valence-electron chi connectivity index (χ4n) is 10.6. The van der Waals surface area contributed by atoms with Crippen LogP contribution in [0, 0.1) is 29.1 Å². The molecule has 1 aromatic rings. The third kappa shape index (κ3) is 7.73. The van der Waals surface area contributed by atoms with Crippen molar-refractivity contribution in [2.75, 3.05) is 14.1 Å². The van der Waals surface area contributed by atoms with Crippen LogP contribution in [0.2, 0.25) is 0 Å². The zero-order chi connectivity index (χ0) is 38.1. The van der Waals surface area contributed by atoms with Gasteiger partial charge in [0.1, 0.15) is 5.75 Å². The molecule has 3 rings (SSSR count). The molecule has 0 saturated carbocycles. The number of aromatic hydroxyl groups is 1. The molecule has 0 spiro atoms. The summed E-state index contributed by atoms with van der Waals surface area (Å²) in [4.78, 5) is 32.2. The number of phenolic OH excluding ortho intramolecular Hbond substituents is 1. The summed E-state index contributed by atoms with van der Waals surface area (Å²) in [5, 5.41) is 34.0. The van der Waals surface area contributed by atoms with Crippen molar-refractivity contribution in [3.05, 3.63) is 28.8 Å². The molecule has 7 nitrogen and oxygen atoms in total. The average Bonchev–Trinajstić information content (AvgIpc) is 2.89. The van der Waals surface area contributed by atoms with Gasteiger partial charge < -0.3 is 15.3 Å². The lowest BCUT2D eigenvalue weighted by Crippen LogP contribution is -2.66. The van der Waals surface area contributed by atoms with Gasteiger partial charge in [0.05, 0.1) is 0 Å². The van der Waals surface area contributed by atoms with Gasteiger partial charge in [-0.05, 0) is 147 Å². The fourth-order valence-corrected chi connectivity index (χ4v) is 10.6. The number of piperidine rings is 2. The zero-order valence-corrected chi connectivity index (χ0v) is 34.3. The van der Waals surface area contributed by atoms with Gasteiger partial charge in [0.15, 0.2) is 5.92 Å². The summed E-state index contributed by atoms with van der Waals surface area (Å²) in [5.74, 6) is -4.09. The number of rotatable bonds is 9. The highest BCUT2D eigenvalue weighted by Crippen LogP contribution is 2.61. The van der Waals surface area contributed by atoms with Crippen LogP contribution in [0.5, 0.6) is 5.75 Å². The molecule has 2 heterocycles. The van der Waals surface area contributed by atoms with Crippen molar-refractivity contribution < 1.29 is 24.9 Å². The maximum absolute atomic E-state index is 13.7. The van der Waals surface area contributed by atoms with Gasteiger partial charge in [-0.1, -0.05) is 67.0 Å². The number of nitrogens with zero attached hydrogens (tertiary/aromatic N) is 2. The lowest BCUT2D eigenvalue weighted by molar-refractivity contribution is -0.181. The number of benzene rings is 1. The van der Waals surface area contributed by atoms with Crippen LogP contribution in [0.4, 0.5) is 0 Å². The van der Waals surface area contributed by atoms with Gasteiger partial charge in [-0.3, -0.25) is 19.4 Å². The summed E-state index contributed by atoms with van der Waals surface area (Å²) < 4.78 is 0. The molecule has 7 heteroatoms. The highest BCUT2D eigenvalue weighted by Gasteiger charge is 2.62. The molecule has 3 N–H and O–H groups in total. The molecule has 2 aliphatic rings. The smallest absolute Gasteiger partial charge is 0.318 e. The first-order valence-electron chi connectivity index (χ1n) is 18.7. The molecule has 49 heavy (non-hydrogen) atoms. The van der Waals surface area contributed by atoms with Gasteiger partial charge in [0.2, 0.25) is 0 Å². The van der Waals surface area contributed by atoms with E-state index in [0.29, 0.717) is 25.7 Å². The largest absolute Gasteiger partial charge is 0.507 e. The molecule has 2 aliphatic heterocycles. The van der Waals surface area contributed by atoms with Gasteiger partial charge in [0.25, 0.3) is 0 Å². The fraction of sp³-hybridized carbons (Fsp3) is 0.810. The molecule has 280 valence electrons. The molecule has 2 saturated heterocycles. The van der Waals surface area contributed by atoms with Crippen LogP contribution >= 0.6 is 0 Å². The van der Waals surface area contributed by atoms with Crippen molar-refractivity contribution in [1.29, 1.82) is 0 Å². The first-order chi connectivity index (χ1) is 21.9. The van der Waals surface area contributed by atoms with E-state index in [9.17, 15) is 24.9 Å². The Morgan fingerprint density at radius 1 is 0.735 bits per heavy atom. The second-order valence-electron chi connectivity index (χ2n) is 20.6. The van der Waals surface area contributed by atoms with Crippen LogP contribution in [0.3, 0.4) is 0 Å². The van der Waals surface area contributed by atoms with E-state index in [-0.39, 0.29) is 56.5 Å².